The van der Waals surface area contributed by atoms with Crippen molar-refractivity contribution in [1.82, 2.24) is 9.80 Å². The van der Waals surface area contributed by atoms with E-state index < -0.39 is 0 Å². The third-order valence-electron chi connectivity index (χ3n) is 1.81. The zero-order valence-corrected chi connectivity index (χ0v) is 16.6. The third-order valence-corrected chi connectivity index (χ3v) is 1.81. The summed E-state index contributed by atoms with van der Waals surface area (Å²) in [6.45, 7) is 7.69. The van der Waals surface area contributed by atoms with Gasteiger partial charge in [-0.2, -0.15) is 0 Å². The maximum Gasteiger partial charge on any atom is 4.00 e. The molecule has 0 aliphatic rings. The first-order chi connectivity index (χ1) is 9.88. The molecule has 0 saturated carbocycles. The van der Waals surface area contributed by atoms with Gasteiger partial charge in [0.1, 0.15) is 0 Å². The molecule has 134 valence electrons. The summed E-state index contributed by atoms with van der Waals surface area (Å²) < 4.78 is 0. The van der Waals surface area contributed by atoms with Gasteiger partial charge in [0.2, 0.25) is 0 Å². The summed E-state index contributed by atoms with van der Waals surface area (Å²) in [4.78, 5) is 24.3. The van der Waals surface area contributed by atoms with Crippen LogP contribution in [0.2, 0.25) is 0 Å². The molecule has 7 heteroatoms. The van der Waals surface area contributed by atoms with Gasteiger partial charge >= 0.3 is 17.1 Å². The van der Waals surface area contributed by atoms with Gasteiger partial charge in [-0.25, -0.2) is 0 Å². The Morgan fingerprint density at radius 3 is 1.00 bits per heavy atom. The molecule has 0 rings (SSSR count). The molecule has 0 aromatic rings. The number of carbonyl (C=O) groups is 2. The first-order valence-corrected chi connectivity index (χ1v) is 6.89. The fourth-order valence-corrected chi connectivity index (χ4v) is 0.972. The standard InChI is InChI=1S/C6H16N2.2C5H8O2.Fe/c1-7(2)5-6-8(3)4;2*1-4(6)3-5(2)7;/h5-6H2,1-4H3;2*3,6H,1-2H3;/q;;;+4/p-2/b;2*4-3-;. The number of hydrogen-bond donors (Lipinski definition) is 0. The molecule has 0 aromatic heterocycles. The van der Waals surface area contributed by atoms with E-state index in [1.165, 1.54) is 27.7 Å². The number of carbonyl (C=O) groups excluding carboxylic acids is 2. The summed E-state index contributed by atoms with van der Waals surface area (Å²) in [5.74, 6) is -0.750. The van der Waals surface area contributed by atoms with Crippen molar-refractivity contribution in [3.05, 3.63) is 23.7 Å². The molecular weight excluding hydrogens is 340 g/mol. The van der Waals surface area contributed by atoms with E-state index in [2.05, 4.69) is 38.0 Å². The van der Waals surface area contributed by atoms with Crippen molar-refractivity contribution in [1.29, 1.82) is 0 Å². The second-order valence-electron chi connectivity index (χ2n) is 5.34. The molecule has 0 fully saturated rings. The van der Waals surface area contributed by atoms with Crippen LogP contribution in [0, 0.1) is 0 Å². The first kappa shape index (κ1) is 29.8. The third kappa shape index (κ3) is 52.8. The minimum Gasteiger partial charge on any atom is -0.876 e. The fourth-order valence-electron chi connectivity index (χ4n) is 0.972. The number of ketones is 2. The predicted octanol–water partition coefficient (Wildman–Crippen LogP) is -0.214. The molecule has 0 aliphatic heterocycles. The van der Waals surface area contributed by atoms with E-state index in [1.807, 2.05) is 0 Å². The molecule has 0 unspecified atom stereocenters. The molecule has 0 radical (unpaired) electrons. The zero-order chi connectivity index (χ0) is 18.3. The number of hydrogen-bond acceptors (Lipinski definition) is 6. The molecular formula is C16H30FeN2O4+2. The molecule has 0 saturated heterocycles. The van der Waals surface area contributed by atoms with Gasteiger partial charge in [0.25, 0.3) is 0 Å². The van der Waals surface area contributed by atoms with Crippen molar-refractivity contribution < 1.29 is 36.9 Å². The van der Waals surface area contributed by atoms with Crippen LogP contribution < -0.4 is 10.2 Å². The Labute approximate surface area is 151 Å². The molecule has 0 aliphatic carbocycles. The van der Waals surface area contributed by atoms with Crippen molar-refractivity contribution in [2.75, 3.05) is 41.3 Å². The maximum atomic E-state index is 9.98. The van der Waals surface area contributed by atoms with Crippen molar-refractivity contribution in [3.8, 4) is 0 Å². The van der Waals surface area contributed by atoms with Crippen LogP contribution >= 0.6 is 0 Å². The second-order valence-corrected chi connectivity index (χ2v) is 5.34. The molecule has 0 heterocycles. The minimum absolute atomic E-state index is 0. The first-order valence-electron chi connectivity index (χ1n) is 6.89. The summed E-state index contributed by atoms with van der Waals surface area (Å²) >= 11 is 0. The second kappa shape index (κ2) is 18.9. The Bertz CT molecular complexity index is 334. The van der Waals surface area contributed by atoms with Gasteiger partial charge in [0.05, 0.1) is 0 Å². The fraction of sp³-hybridized carbons (Fsp3) is 0.625. The number of allylic oxidation sites excluding steroid dienone is 4. The molecule has 0 spiro atoms. The van der Waals surface area contributed by atoms with Crippen LogP contribution in [0.15, 0.2) is 23.7 Å². The summed E-state index contributed by atoms with van der Waals surface area (Å²) in [6.07, 6.45) is 2.11. The summed E-state index contributed by atoms with van der Waals surface area (Å²) in [7, 11) is 8.35. The van der Waals surface area contributed by atoms with Crippen LogP contribution in [0.3, 0.4) is 0 Å². The Kier molecular flexibility index (Phi) is 24.5. The largest absolute Gasteiger partial charge is 4.00 e. The van der Waals surface area contributed by atoms with Crippen LogP contribution in [-0.4, -0.2) is 62.6 Å². The van der Waals surface area contributed by atoms with Gasteiger partial charge in [-0.05, 0) is 54.2 Å². The Morgan fingerprint density at radius 2 is 0.957 bits per heavy atom. The van der Waals surface area contributed by atoms with Gasteiger partial charge in [0, 0.05) is 13.1 Å². The smallest absolute Gasteiger partial charge is 0.876 e. The van der Waals surface area contributed by atoms with Crippen molar-refractivity contribution in [3.63, 3.8) is 0 Å². The van der Waals surface area contributed by atoms with E-state index in [0.717, 1.165) is 25.2 Å². The normalized spacial score (nSPS) is 10.9. The average molecular weight is 370 g/mol. The van der Waals surface area contributed by atoms with E-state index in [-0.39, 0.29) is 40.2 Å². The average Bonchev–Trinajstić information content (AvgIpc) is 2.23. The van der Waals surface area contributed by atoms with Crippen molar-refractivity contribution in [2.45, 2.75) is 27.7 Å². The van der Waals surface area contributed by atoms with Crippen molar-refractivity contribution >= 4 is 11.6 Å². The van der Waals surface area contributed by atoms with E-state index >= 15 is 0 Å². The van der Waals surface area contributed by atoms with Crippen molar-refractivity contribution in [2.24, 2.45) is 0 Å². The topological polar surface area (TPSA) is 86.7 Å². The molecule has 23 heavy (non-hydrogen) atoms. The van der Waals surface area contributed by atoms with E-state index in [9.17, 15) is 19.8 Å². The van der Waals surface area contributed by atoms with Gasteiger partial charge in [-0.3, -0.25) is 9.59 Å². The summed E-state index contributed by atoms with van der Waals surface area (Å²) in [5, 5.41) is 20.0. The van der Waals surface area contributed by atoms with E-state index in [4.69, 9.17) is 0 Å². The SMILES string of the molecule is CC(=O)/C=C(/C)[O-].CC(=O)/C=C(/C)[O-].CN(C)CCN(C)C.[Fe+4]. The molecule has 0 aromatic carbocycles. The van der Waals surface area contributed by atoms with Crippen LogP contribution in [-0.2, 0) is 26.7 Å². The molecule has 0 bridgehead atoms. The van der Waals surface area contributed by atoms with Gasteiger partial charge in [-0.15, -0.1) is 11.5 Å². The van der Waals surface area contributed by atoms with E-state index in [1.54, 1.807) is 0 Å². The zero-order valence-electron chi connectivity index (χ0n) is 15.4. The quantitative estimate of drug-likeness (QED) is 0.378. The summed E-state index contributed by atoms with van der Waals surface area (Å²) in [5.41, 5.74) is 0. The maximum absolute atomic E-state index is 9.98. The van der Waals surface area contributed by atoms with Gasteiger partial charge in [-0.1, -0.05) is 13.8 Å². The van der Waals surface area contributed by atoms with Gasteiger partial charge in [0.15, 0.2) is 11.6 Å². The number of likely N-dealkylation sites (N-methyl/N-ethyl adjacent to an activating group) is 2. The molecule has 0 amide bonds. The molecule has 0 atom stereocenters. The monoisotopic (exact) mass is 370 g/mol. The van der Waals surface area contributed by atoms with Crippen LogP contribution in [0.4, 0.5) is 0 Å². The molecule has 0 N–H and O–H groups in total. The Balaban J connectivity index is -0.000000116. The number of rotatable bonds is 5. The Hall–Kier alpha value is -1.14. The van der Waals surface area contributed by atoms with Crippen LogP contribution in [0.5, 0.6) is 0 Å². The number of nitrogens with zero attached hydrogens (tertiary/aromatic N) is 2. The predicted molar refractivity (Wildman–Crippen MR) is 86.0 cm³/mol. The summed E-state index contributed by atoms with van der Waals surface area (Å²) in [6, 6.07) is 0. The Morgan fingerprint density at radius 1 is 0.739 bits per heavy atom. The van der Waals surface area contributed by atoms with E-state index in [0.29, 0.717) is 0 Å². The van der Waals surface area contributed by atoms with Crippen LogP contribution in [0.25, 0.3) is 0 Å². The molecule has 6 nitrogen and oxygen atoms in total. The van der Waals surface area contributed by atoms with Gasteiger partial charge < -0.3 is 20.0 Å². The van der Waals surface area contributed by atoms with Crippen LogP contribution in [0.1, 0.15) is 27.7 Å². The minimum atomic E-state index is -0.187.